The van der Waals surface area contributed by atoms with E-state index in [-0.39, 0.29) is 5.91 Å². The monoisotopic (exact) mass is 227 g/mol. The van der Waals surface area contributed by atoms with E-state index in [1.807, 2.05) is 0 Å². The van der Waals surface area contributed by atoms with Crippen LogP contribution in [-0.2, 0) is 4.79 Å². The molecule has 1 aliphatic rings. The van der Waals surface area contributed by atoms with E-state index in [9.17, 15) is 4.79 Å². The molecule has 4 nitrogen and oxygen atoms in total. The second-order valence-electron chi connectivity index (χ2n) is 4.55. The maximum atomic E-state index is 11.4. The molecule has 2 unspecified atom stereocenters. The Hall–Kier alpha value is -0.610. The summed E-state index contributed by atoms with van der Waals surface area (Å²) >= 11 is 0. The zero-order valence-electron chi connectivity index (χ0n) is 10.8. The molecular formula is C12H25N3O. The number of hydrogen-bond acceptors (Lipinski definition) is 3. The van der Waals surface area contributed by atoms with Gasteiger partial charge in [-0.3, -0.25) is 9.69 Å². The van der Waals surface area contributed by atoms with Gasteiger partial charge in [0.2, 0.25) is 5.91 Å². The highest BCUT2D eigenvalue weighted by molar-refractivity contribution is 5.77. The van der Waals surface area contributed by atoms with Crippen molar-refractivity contribution in [1.29, 1.82) is 0 Å². The van der Waals surface area contributed by atoms with E-state index >= 15 is 0 Å². The number of rotatable bonds is 5. The smallest absolute Gasteiger partial charge is 0.233 e. The van der Waals surface area contributed by atoms with Crippen LogP contribution in [-0.4, -0.2) is 49.6 Å². The Kier molecular flexibility index (Phi) is 5.77. The van der Waals surface area contributed by atoms with Gasteiger partial charge < -0.3 is 10.6 Å². The predicted octanol–water partition coefficient (Wildman–Crippen LogP) is 0.585. The normalized spacial score (nSPS) is 24.1. The fraction of sp³-hybridized carbons (Fsp3) is 0.917. The molecule has 1 aliphatic heterocycles. The quantitative estimate of drug-likeness (QED) is 0.722. The van der Waals surface area contributed by atoms with Gasteiger partial charge in [0.25, 0.3) is 0 Å². The van der Waals surface area contributed by atoms with Crippen LogP contribution in [0.5, 0.6) is 0 Å². The minimum Gasteiger partial charge on any atom is -0.358 e. The van der Waals surface area contributed by atoms with Crippen molar-refractivity contribution in [2.45, 2.75) is 45.2 Å². The molecule has 1 fully saturated rings. The highest BCUT2D eigenvalue weighted by atomic mass is 16.1. The van der Waals surface area contributed by atoms with Gasteiger partial charge in [-0.05, 0) is 32.9 Å². The lowest BCUT2D eigenvalue weighted by molar-refractivity contribution is -0.122. The van der Waals surface area contributed by atoms with Gasteiger partial charge in [-0.25, -0.2) is 0 Å². The molecule has 1 amide bonds. The fourth-order valence-corrected chi connectivity index (χ4v) is 2.50. The van der Waals surface area contributed by atoms with Crippen molar-refractivity contribution < 1.29 is 4.79 Å². The molecule has 0 aromatic rings. The first kappa shape index (κ1) is 13.5. The Balaban J connectivity index is 2.52. The molecule has 2 N–H and O–H groups in total. The molecule has 0 aromatic carbocycles. The number of piperidine rings is 1. The molecule has 0 aliphatic carbocycles. The van der Waals surface area contributed by atoms with Gasteiger partial charge in [-0.2, -0.15) is 0 Å². The molecule has 2 atom stereocenters. The van der Waals surface area contributed by atoms with Crippen molar-refractivity contribution in [2.24, 2.45) is 0 Å². The summed E-state index contributed by atoms with van der Waals surface area (Å²) in [5.74, 6) is 0.121. The van der Waals surface area contributed by atoms with Crippen LogP contribution in [0.4, 0.5) is 0 Å². The lowest BCUT2D eigenvalue weighted by Crippen LogP contribution is -2.53. The van der Waals surface area contributed by atoms with Crippen LogP contribution < -0.4 is 10.6 Å². The van der Waals surface area contributed by atoms with Crippen LogP contribution in [0.2, 0.25) is 0 Å². The third kappa shape index (κ3) is 3.76. The van der Waals surface area contributed by atoms with E-state index in [1.54, 1.807) is 7.05 Å². The average Bonchev–Trinajstić information content (AvgIpc) is 2.30. The number of carbonyl (C=O) groups is 1. The van der Waals surface area contributed by atoms with E-state index in [0.717, 1.165) is 13.1 Å². The van der Waals surface area contributed by atoms with E-state index in [0.29, 0.717) is 18.6 Å². The third-order valence-electron chi connectivity index (χ3n) is 3.39. The second kappa shape index (κ2) is 6.86. The van der Waals surface area contributed by atoms with Gasteiger partial charge in [0, 0.05) is 19.1 Å². The highest BCUT2D eigenvalue weighted by Gasteiger charge is 2.27. The number of carbonyl (C=O) groups excluding carboxylic acids is 1. The first-order valence-corrected chi connectivity index (χ1v) is 6.37. The molecule has 0 spiro atoms. The fourth-order valence-electron chi connectivity index (χ4n) is 2.50. The van der Waals surface area contributed by atoms with Crippen molar-refractivity contribution in [1.82, 2.24) is 15.5 Å². The van der Waals surface area contributed by atoms with E-state index in [2.05, 4.69) is 29.4 Å². The maximum Gasteiger partial charge on any atom is 0.233 e. The SMILES string of the molecule is CCNC(C)C1CCCCN1CC(=O)NC. The highest BCUT2D eigenvalue weighted by Crippen LogP contribution is 2.19. The van der Waals surface area contributed by atoms with Crippen molar-refractivity contribution in [2.75, 3.05) is 26.7 Å². The maximum absolute atomic E-state index is 11.4. The first-order chi connectivity index (χ1) is 7.69. The van der Waals surface area contributed by atoms with Gasteiger partial charge in [-0.15, -0.1) is 0 Å². The van der Waals surface area contributed by atoms with Crippen molar-refractivity contribution in [3.8, 4) is 0 Å². The van der Waals surface area contributed by atoms with Gasteiger partial charge in [0.1, 0.15) is 0 Å². The second-order valence-corrected chi connectivity index (χ2v) is 4.55. The molecular weight excluding hydrogens is 202 g/mol. The molecule has 0 radical (unpaired) electrons. The average molecular weight is 227 g/mol. The Morgan fingerprint density at radius 2 is 2.25 bits per heavy atom. The predicted molar refractivity (Wildman–Crippen MR) is 66.4 cm³/mol. The van der Waals surface area contributed by atoms with E-state index in [4.69, 9.17) is 0 Å². The first-order valence-electron chi connectivity index (χ1n) is 6.37. The molecule has 16 heavy (non-hydrogen) atoms. The summed E-state index contributed by atoms with van der Waals surface area (Å²) < 4.78 is 0. The summed E-state index contributed by atoms with van der Waals surface area (Å²) in [7, 11) is 1.70. The third-order valence-corrected chi connectivity index (χ3v) is 3.39. The van der Waals surface area contributed by atoms with Crippen molar-refractivity contribution >= 4 is 5.91 Å². The van der Waals surface area contributed by atoms with Crippen LogP contribution >= 0.6 is 0 Å². The van der Waals surface area contributed by atoms with Gasteiger partial charge >= 0.3 is 0 Å². The summed E-state index contributed by atoms with van der Waals surface area (Å²) in [5, 5.41) is 6.17. The van der Waals surface area contributed by atoms with Crippen LogP contribution in [0, 0.1) is 0 Å². The summed E-state index contributed by atoms with van der Waals surface area (Å²) in [6, 6.07) is 0.973. The van der Waals surface area contributed by atoms with Crippen molar-refractivity contribution in [3.63, 3.8) is 0 Å². The van der Waals surface area contributed by atoms with Gasteiger partial charge in [-0.1, -0.05) is 13.3 Å². The van der Waals surface area contributed by atoms with Gasteiger partial charge in [0.05, 0.1) is 6.54 Å². The van der Waals surface area contributed by atoms with Crippen molar-refractivity contribution in [3.05, 3.63) is 0 Å². The lowest BCUT2D eigenvalue weighted by Gasteiger charge is -2.39. The summed E-state index contributed by atoms with van der Waals surface area (Å²) in [5.41, 5.74) is 0. The zero-order valence-corrected chi connectivity index (χ0v) is 10.8. The number of likely N-dealkylation sites (N-methyl/N-ethyl adjacent to an activating group) is 2. The molecule has 1 rings (SSSR count). The topological polar surface area (TPSA) is 44.4 Å². The molecule has 0 bridgehead atoms. The standard InChI is InChI=1S/C12H25N3O/c1-4-14-10(2)11-7-5-6-8-15(11)9-12(16)13-3/h10-11,14H,4-9H2,1-3H3,(H,13,16). The lowest BCUT2D eigenvalue weighted by atomic mass is 9.96. The number of nitrogens with one attached hydrogen (secondary N) is 2. The number of nitrogens with zero attached hydrogens (tertiary/aromatic N) is 1. The molecule has 1 saturated heterocycles. The summed E-state index contributed by atoms with van der Waals surface area (Å²) in [6.45, 7) is 6.93. The number of hydrogen-bond donors (Lipinski definition) is 2. The van der Waals surface area contributed by atoms with Crippen LogP contribution in [0.15, 0.2) is 0 Å². The molecule has 0 saturated carbocycles. The Morgan fingerprint density at radius 1 is 1.50 bits per heavy atom. The van der Waals surface area contributed by atoms with E-state index < -0.39 is 0 Å². The minimum absolute atomic E-state index is 0.121. The summed E-state index contributed by atoms with van der Waals surface area (Å²) in [6.07, 6.45) is 3.70. The minimum atomic E-state index is 0.121. The summed E-state index contributed by atoms with van der Waals surface area (Å²) in [4.78, 5) is 13.7. The molecule has 0 aromatic heterocycles. The Morgan fingerprint density at radius 3 is 2.88 bits per heavy atom. The van der Waals surface area contributed by atoms with Gasteiger partial charge in [0.15, 0.2) is 0 Å². The van der Waals surface area contributed by atoms with Crippen LogP contribution in [0.1, 0.15) is 33.1 Å². The molecule has 1 heterocycles. The van der Waals surface area contributed by atoms with E-state index in [1.165, 1.54) is 19.3 Å². The van der Waals surface area contributed by atoms with Crippen LogP contribution in [0.3, 0.4) is 0 Å². The number of likely N-dealkylation sites (tertiary alicyclic amines) is 1. The molecule has 4 heteroatoms. The largest absolute Gasteiger partial charge is 0.358 e. The zero-order chi connectivity index (χ0) is 12.0. The molecule has 94 valence electrons. The number of amides is 1. The Labute approximate surface area is 98.8 Å². The Bertz CT molecular complexity index is 220. The van der Waals surface area contributed by atoms with Crippen LogP contribution in [0.25, 0.3) is 0 Å².